The molecule has 174 valence electrons. The van der Waals surface area contributed by atoms with E-state index >= 15 is 0 Å². The molecule has 0 radical (unpaired) electrons. The smallest absolute Gasteiger partial charge is 0.282 e. The number of imide groups is 1. The quantitative estimate of drug-likeness (QED) is 0.508. The Kier molecular flexibility index (Phi) is 6.16. The van der Waals surface area contributed by atoms with Crippen LogP contribution >= 0.6 is 0 Å². The van der Waals surface area contributed by atoms with Crippen LogP contribution in [0.5, 0.6) is 11.5 Å². The van der Waals surface area contributed by atoms with Crippen molar-refractivity contribution in [1.82, 2.24) is 0 Å². The Morgan fingerprint density at radius 3 is 2.09 bits per heavy atom. The van der Waals surface area contributed by atoms with Gasteiger partial charge in [-0.25, -0.2) is 4.90 Å². The van der Waals surface area contributed by atoms with Crippen molar-refractivity contribution < 1.29 is 19.1 Å². The first-order valence-corrected chi connectivity index (χ1v) is 11.0. The van der Waals surface area contributed by atoms with Crippen LogP contribution in [0.2, 0.25) is 0 Å². The highest BCUT2D eigenvalue weighted by Gasteiger charge is 2.41. The Labute approximate surface area is 199 Å². The number of aryl methyl sites for hydroxylation is 4. The van der Waals surface area contributed by atoms with Crippen LogP contribution in [0.1, 0.15) is 27.8 Å². The molecule has 0 fully saturated rings. The highest BCUT2D eigenvalue weighted by molar-refractivity contribution is 6.46. The van der Waals surface area contributed by atoms with E-state index in [0.29, 0.717) is 28.4 Å². The summed E-state index contributed by atoms with van der Waals surface area (Å²) in [6.45, 7) is 7.90. The van der Waals surface area contributed by atoms with Crippen LogP contribution in [-0.2, 0) is 9.59 Å². The van der Waals surface area contributed by atoms with Crippen molar-refractivity contribution in [1.29, 1.82) is 0 Å². The van der Waals surface area contributed by atoms with E-state index in [1.165, 1.54) is 4.90 Å². The molecule has 6 heteroatoms. The first kappa shape index (κ1) is 23.1. The molecule has 0 saturated heterocycles. The number of amides is 2. The highest BCUT2D eigenvalue weighted by Crippen LogP contribution is 2.37. The van der Waals surface area contributed by atoms with Gasteiger partial charge in [0.2, 0.25) is 0 Å². The minimum atomic E-state index is -0.405. The number of hydrogen-bond acceptors (Lipinski definition) is 5. The lowest BCUT2D eigenvalue weighted by atomic mass is 9.97. The molecule has 0 spiro atoms. The van der Waals surface area contributed by atoms with E-state index in [1.54, 1.807) is 38.5 Å². The van der Waals surface area contributed by atoms with E-state index in [4.69, 9.17) is 9.47 Å². The van der Waals surface area contributed by atoms with Gasteiger partial charge in [-0.2, -0.15) is 0 Å². The van der Waals surface area contributed by atoms with Crippen molar-refractivity contribution in [2.45, 2.75) is 27.7 Å². The van der Waals surface area contributed by atoms with E-state index in [-0.39, 0.29) is 11.6 Å². The standard InChI is InChI=1S/C28H28N2O4/c1-16-7-11-22(19(4)13-16)25-26(29-20-9-12-23(33-5)24(15-20)34-6)28(32)30(27(25)31)21-10-8-17(2)18(3)14-21/h7-15,29H,1-6H3. The molecule has 0 unspecified atom stereocenters. The summed E-state index contributed by atoms with van der Waals surface area (Å²) < 4.78 is 10.7. The molecule has 0 aromatic heterocycles. The maximum atomic E-state index is 13.7. The lowest BCUT2D eigenvalue weighted by Crippen LogP contribution is -2.32. The number of nitrogens with one attached hydrogen (secondary N) is 1. The van der Waals surface area contributed by atoms with Crippen molar-refractivity contribution in [2.75, 3.05) is 24.4 Å². The maximum absolute atomic E-state index is 13.7. The third-order valence-corrected chi connectivity index (χ3v) is 6.14. The van der Waals surface area contributed by atoms with E-state index in [0.717, 1.165) is 27.8 Å². The molecule has 1 heterocycles. The summed E-state index contributed by atoms with van der Waals surface area (Å²) in [5.41, 5.74) is 6.55. The number of benzene rings is 3. The van der Waals surface area contributed by atoms with Crippen LogP contribution < -0.4 is 19.7 Å². The average molecular weight is 457 g/mol. The number of methoxy groups -OCH3 is 2. The molecule has 0 atom stereocenters. The molecule has 4 rings (SSSR count). The number of carbonyl (C=O) groups excluding carboxylic acids is 2. The average Bonchev–Trinajstić information content (AvgIpc) is 3.05. The zero-order valence-electron chi connectivity index (χ0n) is 20.3. The minimum Gasteiger partial charge on any atom is -0.493 e. The molecule has 34 heavy (non-hydrogen) atoms. The third kappa shape index (κ3) is 4.03. The summed E-state index contributed by atoms with van der Waals surface area (Å²) >= 11 is 0. The second-order valence-electron chi connectivity index (χ2n) is 8.48. The summed E-state index contributed by atoms with van der Waals surface area (Å²) in [7, 11) is 3.11. The monoisotopic (exact) mass is 456 g/mol. The van der Waals surface area contributed by atoms with Gasteiger partial charge in [-0.05, 0) is 74.2 Å². The van der Waals surface area contributed by atoms with Crippen LogP contribution in [0, 0.1) is 27.7 Å². The van der Waals surface area contributed by atoms with E-state index in [1.807, 2.05) is 58.0 Å². The number of nitrogens with zero attached hydrogens (tertiary/aromatic N) is 1. The summed E-state index contributed by atoms with van der Waals surface area (Å²) in [4.78, 5) is 28.7. The molecular formula is C28H28N2O4. The summed E-state index contributed by atoms with van der Waals surface area (Å²) in [5.74, 6) is 0.326. The SMILES string of the molecule is COc1ccc(NC2=C(c3ccc(C)cc3C)C(=O)N(c3ccc(C)c(C)c3)C2=O)cc1OC. The zero-order valence-corrected chi connectivity index (χ0v) is 20.3. The molecular weight excluding hydrogens is 428 g/mol. The largest absolute Gasteiger partial charge is 0.493 e. The molecule has 0 aliphatic carbocycles. The van der Waals surface area contributed by atoms with Crippen LogP contribution in [0.4, 0.5) is 11.4 Å². The fourth-order valence-electron chi connectivity index (χ4n) is 4.15. The topological polar surface area (TPSA) is 67.9 Å². The normalized spacial score (nSPS) is 13.5. The van der Waals surface area contributed by atoms with Gasteiger partial charge >= 0.3 is 0 Å². The number of rotatable bonds is 6. The lowest BCUT2D eigenvalue weighted by molar-refractivity contribution is -0.120. The Hall–Kier alpha value is -4.06. The Morgan fingerprint density at radius 1 is 0.706 bits per heavy atom. The summed E-state index contributed by atoms with van der Waals surface area (Å²) in [6, 6.07) is 16.7. The highest BCUT2D eigenvalue weighted by atomic mass is 16.5. The zero-order chi connectivity index (χ0) is 24.6. The van der Waals surface area contributed by atoms with Gasteiger partial charge in [0, 0.05) is 11.8 Å². The second kappa shape index (κ2) is 9.06. The molecule has 1 N–H and O–H groups in total. The van der Waals surface area contributed by atoms with Gasteiger partial charge in [0.05, 0.1) is 25.5 Å². The molecule has 0 bridgehead atoms. The molecule has 0 saturated carbocycles. The van der Waals surface area contributed by atoms with Crippen LogP contribution in [0.3, 0.4) is 0 Å². The number of carbonyl (C=O) groups is 2. The van der Waals surface area contributed by atoms with Crippen molar-refractivity contribution in [2.24, 2.45) is 0 Å². The molecule has 1 aliphatic rings. The van der Waals surface area contributed by atoms with Crippen LogP contribution in [-0.4, -0.2) is 26.0 Å². The fourth-order valence-corrected chi connectivity index (χ4v) is 4.15. The lowest BCUT2D eigenvalue weighted by Gasteiger charge is -2.17. The van der Waals surface area contributed by atoms with Gasteiger partial charge in [0.15, 0.2) is 11.5 Å². The summed E-state index contributed by atoms with van der Waals surface area (Å²) in [5, 5.41) is 3.20. The number of ether oxygens (including phenoxy) is 2. The van der Waals surface area contributed by atoms with Crippen molar-refractivity contribution in [3.8, 4) is 11.5 Å². The van der Waals surface area contributed by atoms with E-state index < -0.39 is 5.91 Å². The Bertz CT molecular complexity index is 1340. The predicted octanol–water partition coefficient (Wildman–Crippen LogP) is 5.33. The van der Waals surface area contributed by atoms with Gasteiger partial charge in [-0.15, -0.1) is 0 Å². The maximum Gasteiger partial charge on any atom is 0.282 e. The van der Waals surface area contributed by atoms with Gasteiger partial charge in [-0.1, -0.05) is 29.8 Å². The minimum absolute atomic E-state index is 0.224. The molecule has 3 aromatic rings. The fraction of sp³-hybridized carbons (Fsp3) is 0.214. The molecule has 1 aliphatic heterocycles. The third-order valence-electron chi connectivity index (χ3n) is 6.14. The first-order chi connectivity index (χ1) is 16.2. The van der Waals surface area contributed by atoms with Crippen LogP contribution in [0.15, 0.2) is 60.3 Å². The van der Waals surface area contributed by atoms with Crippen LogP contribution in [0.25, 0.3) is 5.57 Å². The van der Waals surface area contributed by atoms with Gasteiger partial charge in [-0.3, -0.25) is 9.59 Å². The number of anilines is 2. The van der Waals surface area contributed by atoms with Gasteiger partial charge in [0.25, 0.3) is 11.8 Å². The Morgan fingerprint density at radius 2 is 1.44 bits per heavy atom. The molecule has 3 aromatic carbocycles. The number of hydrogen-bond donors (Lipinski definition) is 1. The Balaban J connectivity index is 1.85. The van der Waals surface area contributed by atoms with Crippen molar-refractivity contribution in [3.05, 3.63) is 88.1 Å². The van der Waals surface area contributed by atoms with Gasteiger partial charge < -0.3 is 14.8 Å². The van der Waals surface area contributed by atoms with Gasteiger partial charge in [0.1, 0.15) is 5.70 Å². The second-order valence-corrected chi connectivity index (χ2v) is 8.48. The predicted molar refractivity (Wildman–Crippen MR) is 134 cm³/mol. The molecule has 2 amide bonds. The van der Waals surface area contributed by atoms with E-state index in [9.17, 15) is 9.59 Å². The van der Waals surface area contributed by atoms with E-state index in [2.05, 4.69) is 5.32 Å². The molecule has 6 nitrogen and oxygen atoms in total. The first-order valence-electron chi connectivity index (χ1n) is 11.0. The van der Waals surface area contributed by atoms with Crippen molar-refractivity contribution in [3.63, 3.8) is 0 Å². The van der Waals surface area contributed by atoms with Crippen molar-refractivity contribution >= 4 is 28.8 Å². The summed E-state index contributed by atoms with van der Waals surface area (Å²) in [6.07, 6.45) is 0.